The van der Waals surface area contributed by atoms with Gasteiger partial charge in [-0.25, -0.2) is 5.48 Å². The normalized spacial score (nSPS) is 18.0. The highest BCUT2D eigenvalue weighted by Crippen LogP contribution is 2.40. The first-order chi connectivity index (χ1) is 21.9. The third kappa shape index (κ3) is 9.42. The van der Waals surface area contributed by atoms with E-state index >= 15 is 0 Å². The molecule has 1 aromatic heterocycles. The van der Waals surface area contributed by atoms with E-state index < -0.39 is 12.2 Å². The van der Waals surface area contributed by atoms with E-state index in [-0.39, 0.29) is 37.6 Å². The molecular formula is C33H36N4O6S2. The van der Waals surface area contributed by atoms with E-state index in [1.807, 2.05) is 79.7 Å². The molecule has 2 heterocycles. The molecule has 1 saturated heterocycles. The van der Waals surface area contributed by atoms with Crippen molar-refractivity contribution >= 4 is 34.9 Å². The van der Waals surface area contributed by atoms with Gasteiger partial charge in [0, 0.05) is 37.1 Å². The number of hydroxylamine groups is 1. The molecule has 4 N–H and O–H groups in total. The molecule has 0 spiro atoms. The van der Waals surface area contributed by atoms with Crippen molar-refractivity contribution in [2.45, 2.75) is 68.6 Å². The summed E-state index contributed by atoms with van der Waals surface area (Å²) in [6.45, 7) is 2.31. The topological polar surface area (TPSA) is 143 Å². The summed E-state index contributed by atoms with van der Waals surface area (Å²) in [7, 11) is 0. The van der Waals surface area contributed by atoms with E-state index in [0.717, 1.165) is 48.5 Å². The summed E-state index contributed by atoms with van der Waals surface area (Å²) in [5, 5.41) is 30.2. The summed E-state index contributed by atoms with van der Waals surface area (Å²) in [6, 6.07) is 23.9. The maximum absolute atomic E-state index is 12.2. The van der Waals surface area contributed by atoms with Crippen LogP contribution in [0.2, 0.25) is 0 Å². The average Bonchev–Trinajstić information content (AvgIpc) is 3.51. The van der Waals surface area contributed by atoms with Gasteiger partial charge in [0.2, 0.25) is 11.8 Å². The van der Waals surface area contributed by atoms with E-state index in [1.54, 1.807) is 28.6 Å². The number of carbonyl (C=O) groups excluding carboxylic acids is 2. The second-order valence-corrected chi connectivity index (χ2v) is 13.2. The number of rotatable bonds is 13. The van der Waals surface area contributed by atoms with Crippen molar-refractivity contribution in [3.8, 4) is 11.1 Å². The molecular weight excluding hydrogens is 613 g/mol. The molecule has 12 heteroatoms. The lowest BCUT2D eigenvalue weighted by Gasteiger charge is -2.36. The van der Waals surface area contributed by atoms with E-state index in [0.29, 0.717) is 19.4 Å². The third-order valence-corrected chi connectivity index (χ3v) is 9.48. The van der Waals surface area contributed by atoms with E-state index in [4.69, 9.17) is 14.7 Å². The third-order valence-electron chi connectivity index (χ3n) is 7.38. The maximum atomic E-state index is 12.2. The zero-order chi connectivity index (χ0) is 31.6. The predicted octanol–water partition coefficient (Wildman–Crippen LogP) is 5.64. The van der Waals surface area contributed by atoms with Crippen LogP contribution in [0.3, 0.4) is 0 Å². The quantitative estimate of drug-likeness (QED) is 0.0824. The van der Waals surface area contributed by atoms with Gasteiger partial charge in [-0.3, -0.25) is 14.8 Å². The van der Waals surface area contributed by atoms with Crippen molar-refractivity contribution in [1.82, 2.24) is 21.0 Å². The van der Waals surface area contributed by atoms with Crippen molar-refractivity contribution in [2.24, 2.45) is 0 Å². The Balaban J connectivity index is 1.24. The number of hydrogen-bond acceptors (Lipinski definition) is 10. The van der Waals surface area contributed by atoms with Crippen molar-refractivity contribution in [3.05, 3.63) is 100 Å². The molecule has 0 bridgehead atoms. The first kappa shape index (κ1) is 32.7. The number of nitrogens with zero attached hydrogens (tertiary/aromatic N) is 2. The van der Waals surface area contributed by atoms with Gasteiger partial charge >= 0.3 is 0 Å². The molecule has 0 unspecified atom stereocenters. The fourth-order valence-corrected chi connectivity index (χ4v) is 6.83. The van der Waals surface area contributed by atoms with Crippen molar-refractivity contribution in [2.75, 3.05) is 5.75 Å². The second-order valence-electron chi connectivity index (χ2n) is 10.7. The lowest BCUT2D eigenvalue weighted by Crippen LogP contribution is -2.31. The number of nitrogens with one attached hydrogen (secondary N) is 2. The van der Waals surface area contributed by atoms with Gasteiger partial charge in [0.15, 0.2) is 10.6 Å². The number of benzene rings is 3. The summed E-state index contributed by atoms with van der Waals surface area (Å²) >= 11 is 3.21. The molecule has 0 saturated carbocycles. The number of aryl methyl sites for hydroxylation is 1. The molecule has 1 fully saturated rings. The molecule has 236 valence electrons. The highest BCUT2D eigenvalue weighted by molar-refractivity contribution is 8.01. The van der Waals surface area contributed by atoms with Gasteiger partial charge < -0.3 is 19.9 Å². The standard InChI is InChI=1S/C33H36N4O6S2/c1-21-35-36-33(45-21)44-20-28-17-29(25-10-8-22(19-38)9-11-25)43-32(42-28)26-14-12-24(13-15-26)27-5-2-4-23(16-27)18-34-30(39)6-3-7-31(40)37-41/h2,4-5,8-16,28-29,32,38,41H,3,6-7,17-20H2,1H3,(H,34,39)(H,37,40)/t28-,29+,32+/m0/s1. The number of aliphatic hydroxyl groups is 1. The molecule has 1 aliphatic heterocycles. The Morgan fingerprint density at radius 2 is 1.69 bits per heavy atom. The maximum Gasteiger partial charge on any atom is 0.243 e. The first-order valence-corrected chi connectivity index (χ1v) is 16.5. The fourth-order valence-electron chi connectivity index (χ4n) is 4.97. The van der Waals surface area contributed by atoms with Gasteiger partial charge in [-0.2, -0.15) is 0 Å². The van der Waals surface area contributed by atoms with Gasteiger partial charge in [0.25, 0.3) is 0 Å². The van der Waals surface area contributed by atoms with Crippen LogP contribution in [0.4, 0.5) is 0 Å². The first-order valence-electron chi connectivity index (χ1n) is 14.7. The van der Waals surface area contributed by atoms with Gasteiger partial charge in [-0.05, 0) is 47.2 Å². The summed E-state index contributed by atoms with van der Waals surface area (Å²) in [6.07, 6.45) is 0.555. The van der Waals surface area contributed by atoms with E-state index in [9.17, 15) is 14.7 Å². The van der Waals surface area contributed by atoms with Crippen LogP contribution in [0.25, 0.3) is 11.1 Å². The van der Waals surface area contributed by atoms with Crippen LogP contribution in [0.15, 0.2) is 77.1 Å². The minimum Gasteiger partial charge on any atom is -0.392 e. The Labute approximate surface area is 270 Å². The fraction of sp³-hybridized carbons (Fsp3) is 0.333. The average molecular weight is 649 g/mol. The number of carbonyl (C=O) groups is 2. The van der Waals surface area contributed by atoms with Gasteiger partial charge in [0.05, 0.1) is 18.8 Å². The molecule has 3 aromatic carbocycles. The van der Waals surface area contributed by atoms with Gasteiger partial charge in [0.1, 0.15) is 5.01 Å². The Bertz CT molecular complexity index is 1560. The number of thioether (sulfide) groups is 1. The van der Waals surface area contributed by atoms with Crippen LogP contribution in [0, 0.1) is 6.92 Å². The lowest BCUT2D eigenvalue weighted by atomic mass is 9.99. The minimum absolute atomic E-state index is 0.00461. The van der Waals surface area contributed by atoms with Crippen LogP contribution < -0.4 is 10.8 Å². The van der Waals surface area contributed by atoms with Gasteiger partial charge in [-0.15, -0.1) is 10.2 Å². The van der Waals surface area contributed by atoms with Crippen molar-refractivity contribution in [1.29, 1.82) is 0 Å². The van der Waals surface area contributed by atoms with Crippen LogP contribution in [0.1, 0.15) is 65.3 Å². The zero-order valence-electron chi connectivity index (χ0n) is 24.8. The summed E-state index contributed by atoms with van der Waals surface area (Å²) in [5.74, 6) is 0.0645. The summed E-state index contributed by atoms with van der Waals surface area (Å²) in [5.41, 5.74) is 7.37. The number of amides is 2. The lowest BCUT2D eigenvalue weighted by molar-refractivity contribution is -0.245. The molecule has 1 aliphatic rings. The summed E-state index contributed by atoms with van der Waals surface area (Å²) < 4.78 is 13.9. The molecule has 45 heavy (non-hydrogen) atoms. The molecule has 5 rings (SSSR count). The Hall–Kier alpha value is -3.65. The van der Waals surface area contributed by atoms with Crippen LogP contribution in [0.5, 0.6) is 0 Å². The molecule has 3 atom stereocenters. The molecule has 0 aliphatic carbocycles. The summed E-state index contributed by atoms with van der Waals surface area (Å²) in [4.78, 5) is 23.3. The SMILES string of the molecule is Cc1nnc(SC[C@@H]2C[C@H](c3ccc(CO)cc3)O[C@H](c3ccc(-c4cccc(CNC(=O)CCCC(=O)NO)c4)cc3)O2)s1. The van der Waals surface area contributed by atoms with Crippen molar-refractivity contribution in [3.63, 3.8) is 0 Å². The number of hydrogen-bond donors (Lipinski definition) is 4. The second kappa shape index (κ2) is 16.1. The molecule has 10 nitrogen and oxygen atoms in total. The number of aromatic nitrogens is 2. The highest BCUT2D eigenvalue weighted by atomic mass is 32.2. The Kier molecular flexibility index (Phi) is 11.7. The monoisotopic (exact) mass is 648 g/mol. The Morgan fingerprint density at radius 3 is 2.40 bits per heavy atom. The number of aliphatic hydroxyl groups excluding tert-OH is 1. The van der Waals surface area contributed by atoms with E-state index in [2.05, 4.69) is 15.5 Å². The van der Waals surface area contributed by atoms with Crippen LogP contribution >= 0.6 is 23.1 Å². The Morgan fingerprint density at radius 1 is 0.933 bits per heavy atom. The van der Waals surface area contributed by atoms with Gasteiger partial charge in [-0.1, -0.05) is 89.8 Å². The molecule has 0 radical (unpaired) electrons. The van der Waals surface area contributed by atoms with E-state index in [1.165, 1.54) is 0 Å². The zero-order valence-corrected chi connectivity index (χ0v) is 26.5. The van der Waals surface area contributed by atoms with Crippen LogP contribution in [-0.4, -0.2) is 44.2 Å². The highest BCUT2D eigenvalue weighted by Gasteiger charge is 2.32. The molecule has 4 aromatic rings. The van der Waals surface area contributed by atoms with Crippen LogP contribution in [-0.2, 0) is 32.2 Å². The smallest absolute Gasteiger partial charge is 0.243 e. The number of ether oxygens (including phenoxy) is 2. The largest absolute Gasteiger partial charge is 0.392 e. The predicted molar refractivity (Wildman–Crippen MR) is 171 cm³/mol. The minimum atomic E-state index is -0.554. The van der Waals surface area contributed by atoms with Crippen molar-refractivity contribution < 1.29 is 29.4 Å². The molecule has 2 amide bonds.